The first kappa shape index (κ1) is 23.5. The van der Waals surface area contributed by atoms with Gasteiger partial charge in [0.2, 0.25) is 0 Å². The van der Waals surface area contributed by atoms with Gasteiger partial charge in [0.25, 0.3) is 5.91 Å². The van der Waals surface area contributed by atoms with E-state index in [0.29, 0.717) is 35.6 Å². The van der Waals surface area contributed by atoms with E-state index in [4.69, 9.17) is 16.4 Å². The largest absolute Gasteiger partial charge is 0.384 e. The maximum atomic E-state index is 12.7. The number of piperazine rings is 1. The summed E-state index contributed by atoms with van der Waals surface area (Å²) in [6, 6.07) is 13.6. The number of primary amides is 1. The van der Waals surface area contributed by atoms with Crippen LogP contribution in [0.3, 0.4) is 0 Å². The van der Waals surface area contributed by atoms with E-state index in [-0.39, 0.29) is 22.7 Å². The Balaban J connectivity index is 1.82. The minimum atomic E-state index is -3.40. The summed E-state index contributed by atoms with van der Waals surface area (Å²) in [7, 11) is -3.40. The highest BCUT2D eigenvalue weighted by Crippen LogP contribution is 2.18. The lowest BCUT2D eigenvalue weighted by Gasteiger charge is -2.31. The predicted octanol–water partition coefficient (Wildman–Crippen LogP) is 1.21. The van der Waals surface area contributed by atoms with E-state index in [1.807, 2.05) is 6.07 Å². The van der Waals surface area contributed by atoms with Gasteiger partial charge in [-0.15, -0.1) is 0 Å². The monoisotopic (exact) mass is 466 g/mol. The summed E-state index contributed by atoms with van der Waals surface area (Å²) in [5.41, 5.74) is 6.90. The second-order valence-electron chi connectivity index (χ2n) is 7.36. The highest BCUT2D eigenvalue weighted by molar-refractivity contribution is 7.90. The van der Waals surface area contributed by atoms with Crippen LogP contribution in [0, 0.1) is 16.7 Å². The van der Waals surface area contributed by atoms with Crippen molar-refractivity contribution in [1.29, 1.82) is 10.7 Å². The number of anilines is 1. The molecule has 0 saturated carbocycles. The maximum Gasteiger partial charge on any atom is 0.322 e. The molecule has 1 aliphatic rings. The number of carbonyl (C=O) groups excluding carboxylic acids is 2. The van der Waals surface area contributed by atoms with Crippen molar-refractivity contribution in [2.45, 2.75) is 4.90 Å². The second kappa shape index (κ2) is 9.54. The molecule has 0 spiro atoms. The quantitative estimate of drug-likeness (QED) is 0.381. The number of hydrogen-bond acceptors (Lipinski definition) is 7. The lowest BCUT2D eigenvalue weighted by molar-refractivity contribution is -0.114. The fourth-order valence-electron chi connectivity index (χ4n) is 3.27. The van der Waals surface area contributed by atoms with Crippen molar-refractivity contribution in [3.8, 4) is 6.07 Å². The third kappa shape index (κ3) is 5.55. The molecule has 2 aromatic rings. The molecule has 10 nitrogen and oxygen atoms in total. The van der Waals surface area contributed by atoms with E-state index in [9.17, 15) is 18.0 Å². The molecule has 5 N–H and O–H groups in total. The van der Waals surface area contributed by atoms with Crippen molar-refractivity contribution in [3.63, 3.8) is 0 Å². The van der Waals surface area contributed by atoms with Gasteiger partial charge in [-0.25, -0.2) is 13.2 Å². The van der Waals surface area contributed by atoms with Gasteiger partial charge < -0.3 is 21.3 Å². The van der Waals surface area contributed by atoms with Crippen molar-refractivity contribution in [2.24, 2.45) is 5.73 Å². The minimum absolute atomic E-state index is 0.0180. The van der Waals surface area contributed by atoms with Crippen LogP contribution >= 0.6 is 0 Å². The molecule has 11 heteroatoms. The Morgan fingerprint density at radius 2 is 1.79 bits per heavy atom. The normalized spacial score (nSPS) is 15.1. The highest BCUT2D eigenvalue weighted by Gasteiger charge is 2.26. The molecule has 0 bridgehead atoms. The van der Waals surface area contributed by atoms with Crippen LogP contribution in [-0.4, -0.2) is 56.9 Å². The van der Waals surface area contributed by atoms with Crippen LogP contribution in [-0.2, 0) is 14.6 Å². The average Bonchev–Trinajstić information content (AvgIpc) is 2.79. The Hall–Kier alpha value is -4.17. The van der Waals surface area contributed by atoms with Crippen LogP contribution in [0.2, 0.25) is 0 Å². The SMILES string of the molecule is CS(=O)(=O)c1ccc(C(=N)/C(C(N)=O)=C2/CN(C(=O)Nc3ccc(C#N)cc3)CCN2)cc1. The molecule has 0 atom stereocenters. The lowest BCUT2D eigenvalue weighted by Crippen LogP contribution is -2.48. The smallest absolute Gasteiger partial charge is 0.322 e. The van der Waals surface area contributed by atoms with Gasteiger partial charge in [0.05, 0.1) is 34.4 Å². The van der Waals surface area contributed by atoms with Gasteiger partial charge in [-0.05, 0) is 36.4 Å². The van der Waals surface area contributed by atoms with Gasteiger partial charge in [0, 0.05) is 36.3 Å². The standard InChI is InChI=1S/C22H22N6O4S/c1-33(31,32)17-8-4-15(5-9-17)20(24)19(21(25)29)18-13-28(11-10-26-18)22(30)27-16-6-2-14(12-23)3-7-16/h2-9,24,26H,10-11,13H2,1H3,(H2,25,29)(H,27,30)/b19-18+,24-20?. The summed E-state index contributed by atoms with van der Waals surface area (Å²) in [6.45, 7) is 0.714. The zero-order valence-corrected chi connectivity index (χ0v) is 18.6. The summed E-state index contributed by atoms with van der Waals surface area (Å²) in [5, 5.41) is 23.1. The first-order chi connectivity index (χ1) is 15.6. The molecule has 1 fully saturated rings. The third-order valence-corrected chi connectivity index (χ3v) is 6.12. The fourth-order valence-corrected chi connectivity index (χ4v) is 3.91. The summed E-state index contributed by atoms with van der Waals surface area (Å²) in [6.07, 6.45) is 1.08. The topological polar surface area (TPSA) is 169 Å². The molecule has 3 rings (SSSR count). The third-order valence-electron chi connectivity index (χ3n) is 4.99. The van der Waals surface area contributed by atoms with Crippen LogP contribution in [0.25, 0.3) is 0 Å². The molecule has 1 aliphatic heterocycles. The van der Waals surface area contributed by atoms with Crippen LogP contribution in [0.15, 0.2) is 64.7 Å². The van der Waals surface area contributed by atoms with E-state index in [1.54, 1.807) is 24.3 Å². The van der Waals surface area contributed by atoms with E-state index in [1.165, 1.54) is 29.2 Å². The Morgan fingerprint density at radius 3 is 2.33 bits per heavy atom. The Bertz CT molecular complexity index is 1280. The van der Waals surface area contributed by atoms with Crippen molar-refractivity contribution in [2.75, 3.05) is 31.2 Å². The van der Waals surface area contributed by atoms with Gasteiger partial charge in [-0.3, -0.25) is 10.2 Å². The number of amides is 3. The van der Waals surface area contributed by atoms with Crippen molar-refractivity contribution >= 4 is 33.2 Å². The van der Waals surface area contributed by atoms with E-state index >= 15 is 0 Å². The van der Waals surface area contributed by atoms with Crippen molar-refractivity contribution in [1.82, 2.24) is 10.2 Å². The molecular weight excluding hydrogens is 444 g/mol. The average molecular weight is 467 g/mol. The molecule has 0 aromatic heterocycles. The highest BCUT2D eigenvalue weighted by atomic mass is 32.2. The van der Waals surface area contributed by atoms with Gasteiger partial charge in [0.15, 0.2) is 9.84 Å². The zero-order valence-electron chi connectivity index (χ0n) is 17.8. The Kier molecular flexibility index (Phi) is 6.79. The molecular formula is C22H22N6O4S. The molecule has 2 aromatic carbocycles. The number of benzene rings is 2. The molecule has 0 aliphatic carbocycles. The van der Waals surface area contributed by atoms with Crippen LogP contribution in [0.5, 0.6) is 0 Å². The van der Waals surface area contributed by atoms with Gasteiger partial charge in [-0.2, -0.15) is 5.26 Å². The van der Waals surface area contributed by atoms with Gasteiger partial charge in [0.1, 0.15) is 0 Å². The number of nitrogens with one attached hydrogen (secondary N) is 3. The summed E-state index contributed by atoms with van der Waals surface area (Å²) in [5.74, 6) is -0.843. The van der Waals surface area contributed by atoms with Crippen LogP contribution in [0.4, 0.5) is 10.5 Å². The fraction of sp³-hybridized carbons (Fsp3) is 0.182. The first-order valence-corrected chi connectivity index (χ1v) is 11.7. The number of nitrogens with zero attached hydrogens (tertiary/aromatic N) is 2. The number of nitriles is 1. The molecule has 33 heavy (non-hydrogen) atoms. The maximum absolute atomic E-state index is 12.7. The second-order valence-corrected chi connectivity index (χ2v) is 9.37. The van der Waals surface area contributed by atoms with Gasteiger partial charge >= 0.3 is 6.03 Å². The minimum Gasteiger partial charge on any atom is -0.384 e. The summed E-state index contributed by atoms with van der Waals surface area (Å²) < 4.78 is 23.3. The zero-order chi connectivity index (χ0) is 24.2. The van der Waals surface area contributed by atoms with Crippen LogP contribution in [0.1, 0.15) is 11.1 Å². The van der Waals surface area contributed by atoms with Gasteiger partial charge in [-0.1, -0.05) is 12.1 Å². The number of sulfone groups is 1. The van der Waals surface area contributed by atoms with Crippen molar-refractivity contribution in [3.05, 3.63) is 70.9 Å². The van der Waals surface area contributed by atoms with Crippen LogP contribution < -0.4 is 16.4 Å². The molecule has 1 heterocycles. The number of carbonyl (C=O) groups is 2. The molecule has 0 unspecified atom stereocenters. The number of rotatable bonds is 5. The number of urea groups is 1. The molecule has 170 valence electrons. The molecule has 1 saturated heterocycles. The predicted molar refractivity (Wildman–Crippen MR) is 122 cm³/mol. The Morgan fingerprint density at radius 1 is 1.15 bits per heavy atom. The number of nitrogens with two attached hydrogens (primary N) is 1. The van der Waals surface area contributed by atoms with E-state index < -0.39 is 21.8 Å². The van der Waals surface area contributed by atoms with Crippen molar-refractivity contribution < 1.29 is 18.0 Å². The number of hydrogen-bond donors (Lipinski definition) is 4. The Labute approximate surface area is 191 Å². The van der Waals surface area contributed by atoms with E-state index in [2.05, 4.69) is 10.6 Å². The van der Waals surface area contributed by atoms with E-state index in [0.717, 1.165) is 6.26 Å². The summed E-state index contributed by atoms with van der Waals surface area (Å²) >= 11 is 0. The first-order valence-electron chi connectivity index (χ1n) is 9.82. The molecule has 3 amide bonds. The lowest BCUT2D eigenvalue weighted by atomic mass is 9.99. The molecule has 0 radical (unpaired) electrons. The summed E-state index contributed by atoms with van der Waals surface area (Å²) in [4.78, 5) is 26.5.